The topological polar surface area (TPSA) is 79.5 Å². The van der Waals surface area contributed by atoms with E-state index in [9.17, 15) is 18.4 Å². The molecule has 0 unspecified atom stereocenters. The van der Waals surface area contributed by atoms with Crippen molar-refractivity contribution in [1.29, 1.82) is 0 Å². The molecule has 182 valence electrons. The van der Waals surface area contributed by atoms with Gasteiger partial charge in [0, 0.05) is 5.69 Å². The van der Waals surface area contributed by atoms with Gasteiger partial charge in [0.1, 0.15) is 17.2 Å². The van der Waals surface area contributed by atoms with Crippen LogP contribution < -0.4 is 16.1 Å². The second-order valence-electron chi connectivity index (χ2n) is 7.87. The second kappa shape index (κ2) is 12.4. The molecule has 0 fully saturated rings. The van der Waals surface area contributed by atoms with Crippen molar-refractivity contribution in [2.75, 3.05) is 5.32 Å². The fourth-order valence-corrected chi connectivity index (χ4v) is 3.16. The van der Waals surface area contributed by atoms with Crippen LogP contribution in [0.2, 0.25) is 0 Å². The van der Waals surface area contributed by atoms with Crippen LogP contribution in [-0.4, -0.2) is 11.9 Å². The van der Waals surface area contributed by atoms with Crippen LogP contribution in [0.1, 0.15) is 46.8 Å². The summed E-state index contributed by atoms with van der Waals surface area (Å²) in [7, 11) is 0. The van der Waals surface area contributed by atoms with E-state index in [1.54, 1.807) is 24.3 Å². The number of hydrogen-bond acceptors (Lipinski definition) is 4. The van der Waals surface area contributed by atoms with Gasteiger partial charge in [0.15, 0.2) is 0 Å². The Morgan fingerprint density at radius 3 is 2.23 bits per heavy atom. The third-order valence-corrected chi connectivity index (χ3v) is 5.05. The number of carbonyl (C=O) groups is 2. The molecule has 3 amide bonds. The molecule has 0 bridgehead atoms. The first-order chi connectivity index (χ1) is 16.9. The molecule has 6 nitrogen and oxygen atoms in total. The molecule has 3 aromatic carbocycles. The number of benzene rings is 3. The van der Waals surface area contributed by atoms with Crippen LogP contribution in [0.25, 0.3) is 5.70 Å². The van der Waals surface area contributed by atoms with Crippen molar-refractivity contribution in [3.05, 3.63) is 107 Å². The lowest BCUT2D eigenvalue weighted by molar-refractivity contribution is 0.0645. The van der Waals surface area contributed by atoms with Crippen molar-refractivity contribution in [2.24, 2.45) is 0 Å². The number of amides is 3. The minimum Gasteiger partial charge on any atom is -0.308 e. The number of carbonyl (C=O) groups excluding carboxylic acids is 2. The highest BCUT2D eigenvalue weighted by atomic mass is 19.1. The molecular weight excluding hydrogens is 452 g/mol. The summed E-state index contributed by atoms with van der Waals surface area (Å²) in [5.41, 5.74) is 6.52. The summed E-state index contributed by atoms with van der Waals surface area (Å²) >= 11 is 0. The summed E-state index contributed by atoms with van der Waals surface area (Å²) in [6, 6.07) is 17.0. The first-order valence-corrected chi connectivity index (χ1v) is 11.2. The van der Waals surface area contributed by atoms with Gasteiger partial charge < -0.3 is 5.32 Å². The second-order valence-corrected chi connectivity index (χ2v) is 7.87. The molecule has 8 heteroatoms. The number of nitrogens with one attached hydrogen (secondary N) is 3. The largest absolute Gasteiger partial charge is 0.326 e. The molecule has 0 saturated heterocycles. The van der Waals surface area contributed by atoms with E-state index in [-0.39, 0.29) is 6.61 Å². The summed E-state index contributed by atoms with van der Waals surface area (Å²) < 4.78 is 27.4. The van der Waals surface area contributed by atoms with Gasteiger partial charge in [-0.05, 0) is 48.7 Å². The van der Waals surface area contributed by atoms with E-state index in [0.717, 1.165) is 47.9 Å². The SMILES string of the molecule is CCCC=C(NOCc1ccc(NC(=O)NC(=O)c2c(F)cccc2F)cc1)c1ccc(C)cc1. The molecular formula is C27H27F2N3O3. The minimum atomic E-state index is -1.17. The van der Waals surface area contributed by atoms with Gasteiger partial charge in [0.05, 0.1) is 12.3 Å². The number of aryl methyl sites for hydroxylation is 1. The van der Waals surface area contributed by atoms with E-state index in [2.05, 4.69) is 23.8 Å². The molecule has 0 aliphatic carbocycles. The first kappa shape index (κ1) is 25.6. The van der Waals surface area contributed by atoms with Crippen LogP contribution in [0.3, 0.4) is 0 Å². The zero-order valence-corrected chi connectivity index (χ0v) is 19.5. The fraction of sp³-hybridized carbons (Fsp3) is 0.185. The molecule has 0 aromatic heterocycles. The van der Waals surface area contributed by atoms with E-state index < -0.39 is 29.1 Å². The van der Waals surface area contributed by atoms with E-state index in [4.69, 9.17) is 4.84 Å². The highest BCUT2D eigenvalue weighted by Gasteiger charge is 2.19. The van der Waals surface area contributed by atoms with E-state index in [1.807, 2.05) is 36.5 Å². The minimum absolute atomic E-state index is 0.271. The van der Waals surface area contributed by atoms with Crippen LogP contribution in [0.15, 0.2) is 72.8 Å². The Labute approximate surface area is 203 Å². The number of hydrogen-bond donors (Lipinski definition) is 3. The molecule has 0 radical (unpaired) electrons. The zero-order valence-electron chi connectivity index (χ0n) is 19.5. The number of halogens is 2. The van der Waals surface area contributed by atoms with Gasteiger partial charge in [0.25, 0.3) is 5.91 Å². The number of urea groups is 1. The van der Waals surface area contributed by atoms with Gasteiger partial charge in [-0.1, -0.05) is 67.4 Å². The summed E-state index contributed by atoms with van der Waals surface area (Å²) in [5.74, 6) is -3.28. The highest BCUT2D eigenvalue weighted by Crippen LogP contribution is 2.16. The van der Waals surface area contributed by atoms with Crippen LogP contribution in [0.5, 0.6) is 0 Å². The molecule has 0 aliphatic rings. The molecule has 0 spiro atoms. The molecule has 35 heavy (non-hydrogen) atoms. The monoisotopic (exact) mass is 479 g/mol. The average molecular weight is 480 g/mol. The van der Waals surface area contributed by atoms with Crippen molar-refractivity contribution >= 4 is 23.3 Å². The fourth-order valence-electron chi connectivity index (χ4n) is 3.16. The van der Waals surface area contributed by atoms with E-state index in [0.29, 0.717) is 5.69 Å². The first-order valence-electron chi connectivity index (χ1n) is 11.2. The maximum atomic E-state index is 13.7. The summed E-state index contributed by atoms with van der Waals surface area (Å²) in [6.07, 6.45) is 4.01. The number of imide groups is 1. The third-order valence-electron chi connectivity index (χ3n) is 5.05. The average Bonchev–Trinajstić information content (AvgIpc) is 2.83. The number of allylic oxidation sites excluding steroid dienone is 1. The maximum Gasteiger partial charge on any atom is 0.326 e. The van der Waals surface area contributed by atoms with Crippen molar-refractivity contribution in [1.82, 2.24) is 10.8 Å². The summed E-state index contributed by atoms with van der Waals surface area (Å²) in [4.78, 5) is 29.8. The lowest BCUT2D eigenvalue weighted by atomic mass is 10.1. The lowest BCUT2D eigenvalue weighted by Gasteiger charge is -2.13. The van der Waals surface area contributed by atoms with Gasteiger partial charge >= 0.3 is 6.03 Å². The Kier molecular flexibility index (Phi) is 9.09. The Hall–Kier alpha value is -4.04. The number of rotatable bonds is 9. The standard InChI is InChI=1S/C27H27F2N3O3/c1-3-4-8-24(20-13-9-18(2)10-14-20)32-35-17-19-11-15-21(16-12-19)30-27(34)31-26(33)25-22(28)6-5-7-23(25)29/h5-16,32H,3-4,17H2,1-2H3,(H2,30,31,33,34). The highest BCUT2D eigenvalue weighted by molar-refractivity contribution is 6.08. The quantitative estimate of drug-likeness (QED) is 0.324. The van der Waals surface area contributed by atoms with Gasteiger partial charge in [-0.3, -0.25) is 20.4 Å². The van der Waals surface area contributed by atoms with E-state index in [1.165, 1.54) is 5.56 Å². The smallest absolute Gasteiger partial charge is 0.308 e. The normalized spacial score (nSPS) is 11.1. The van der Waals surface area contributed by atoms with Crippen LogP contribution in [-0.2, 0) is 11.4 Å². The molecule has 0 atom stereocenters. The number of unbranched alkanes of at least 4 members (excludes halogenated alkanes) is 1. The van der Waals surface area contributed by atoms with Gasteiger partial charge in [-0.2, -0.15) is 0 Å². The third kappa shape index (κ3) is 7.48. The summed E-state index contributed by atoms with van der Waals surface area (Å²) in [6.45, 7) is 4.41. The Bertz CT molecular complexity index is 1170. The molecule has 3 N–H and O–H groups in total. The predicted octanol–water partition coefficient (Wildman–Crippen LogP) is 6.10. The molecule has 0 heterocycles. The predicted molar refractivity (Wildman–Crippen MR) is 131 cm³/mol. The maximum absolute atomic E-state index is 13.7. The molecule has 0 saturated carbocycles. The Morgan fingerprint density at radius 1 is 0.943 bits per heavy atom. The van der Waals surface area contributed by atoms with Crippen LogP contribution in [0, 0.1) is 18.6 Å². The van der Waals surface area contributed by atoms with Crippen molar-refractivity contribution < 1.29 is 23.2 Å². The molecule has 3 aromatic rings. The molecule has 0 aliphatic heterocycles. The van der Waals surface area contributed by atoms with Crippen LogP contribution in [0.4, 0.5) is 19.3 Å². The Morgan fingerprint density at radius 2 is 1.60 bits per heavy atom. The van der Waals surface area contributed by atoms with Crippen LogP contribution >= 0.6 is 0 Å². The van der Waals surface area contributed by atoms with Gasteiger partial charge in [-0.25, -0.2) is 13.6 Å². The number of anilines is 1. The lowest BCUT2D eigenvalue weighted by Crippen LogP contribution is -2.35. The van der Waals surface area contributed by atoms with Gasteiger partial charge in [-0.15, -0.1) is 0 Å². The zero-order chi connectivity index (χ0) is 25.2. The summed E-state index contributed by atoms with van der Waals surface area (Å²) in [5, 5.41) is 4.36. The van der Waals surface area contributed by atoms with E-state index >= 15 is 0 Å². The van der Waals surface area contributed by atoms with Crippen molar-refractivity contribution in [3.63, 3.8) is 0 Å². The Balaban J connectivity index is 1.52. The van der Waals surface area contributed by atoms with Crippen molar-refractivity contribution in [3.8, 4) is 0 Å². The number of hydroxylamine groups is 1. The van der Waals surface area contributed by atoms with Crippen molar-refractivity contribution in [2.45, 2.75) is 33.3 Å². The molecule has 3 rings (SSSR count). The van der Waals surface area contributed by atoms with Gasteiger partial charge in [0.2, 0.25) is 0 Å².